The van der Waals surface area contributed by atoms with Gasteiger partial charge in [-0.25, -0.2) is 9.18 Å². The van der Waals surface area contributed by atoms with Crippen LogP contribution in [0.3, 0.4) is 0 Å². The summed E-state index contributed by atoms with van der Waals surface area (Å²) in [5.74, 6) is -0.949. The van der Waals surface area contributed by atoms with Crippen LogP contribution in [-0.4, -0.2) is 58.6 Å². The molecule has 2 aromatic rings. The molecule has 0 unspecified atom stereocenters. The topological polar surface area (TPSA) is 146 Å². The fourth-order valence-corrected chi connectivity index (χ4v) is 4.07. The summed E-state index contributed by atoms with van der Waals surface area (Å²) in [4.78, 5) is 24.8. The number of ether oxygens (including phenoxy) is 1. The van der Waals surface area contributed by atoms with Crippen LogP contribution in [0.15, 0.2) is 30.5 Å². The summed E-state index contributed by atoms with van der Waals surface area (Å²) in [6.45, 7) is 0.659. The number of rotatable bonds is 8. The summed E-state index contributed by atoms with van der Waals surface area (Å²) < 4.78 is 19.8. The first-order valence-corrected chi connectivity index (χ1v) is 10.1. The third-order valence-corrected chi connectivity index (χ3v) is 5.67. The fraction of sp³-hybridized carbons (Fsp3) is 0.429. The number of methoxy groups -OCH3 is 1. The number of carboxylic acid groups (broad SMARTS) is 1. The maximum atomic E-state index is 13.2. The van der Waals surface area contributed by atoms with Crippen molar-refractivity contribution in [1.29, 1.82) is 5.26 Å². The normalized spacial score (nSPS) is 20.5. The molecule has 10 nitrogen and oxygen atoms in total. The Morgan fingerprint density at radius 3 is 2.75 bits per heavy atom. The van der Waals surface area contributed by atoms with Crippen LogP contribution >= 0.6 is 0 Å². The van der Waals surface area contributed by atoms with Gasteiger partial charge in [0.15, 0.2) is 5.82 Å². The summed E-state index contributed by atoms with van der Waals surface area (Å²) in [5, 5.41) is 27.0. The molecule has 0 bridgehead atoms. The Bertz CT molecular complexity index is 1020. The third-order valence-electron chi connectivity index (χ3n) is 5.67. The number of nitriles is 1. The molecule has 170 valence electrons. The molecule has 2 amide bonds. The van der Waals surface area contributed by atoms with Gasteiger partial charge in [-0.1, -0.05) is 0 Å². The highest BCUT2D eigenvalue weighted by Crippen LogP contribution is 2.43. The molecule has 2 atom stereocenters. The van der Waals surface area contributed by atoms with Gasteiger partial charge in [0.1, 0.15) is 11.4 Å². The van der Waals surface area contributed by atoms with Crippen molar-refractivity contribution in [3.63, 3.8) is 0 Å². The van der Waals surface area contributed by atoms with Gasteiger partial charge in [-0.15, -0.1) is 0 Å². The predicted molar refractivity (Wildman–Crippen MR) is 113 cm³/mol. The maximum absolute atomic E-state index is 13.2. The Labute approximate surface area is 184 Å². The molecule has 1 aromatic carbocycles. The van der Waals surface area contributed by atoms with Gasteiger partial charge in [0.25, 0.3) is 5.91 Å². The van der Waals surface area contributed by atoms with Crippen LogP contribution in [0.1, 0.15) is 35.7 Å². The Kier molecular flexibility index (Phi) is 6.95. The summed E-state index contributed by atoms with van der Waals surface area (Å²) in [5.41, 5.74) is 5.09. The lowest BCUT2D eigenvalue weighted by Crippen LogP contribution is -2.50. The SMILES string of the molecule is COCCC[C@@]1(C#N)CN(C(=O)O)CC[C@@H]1n1cc(C(N)=O)c(Nc2ccc(F)cc2)n1. The zero-order chi connectivity index (χ0) is 23.3. The minimum absolute atomic E-state index is 0.0136. The minimum Gasteiger partial charge on any atom is -0.465 e. The lowest BCUT2D eigenvalue weighted by atomic mass is 9.73. The van der Waals surface area contributed by atoms with Crippen molar-refractivity contribution in [3.05, 3.63) is 41.8 Å². The molecule has 1 aliphatic rings. The van der Waals surface area contributed by atoms with E-state index in [9.17, 15) is 24.3 Å². The van der Waals surface area contributed by atoms with Crippen LogP contribution in [0.25, 0.3) is 0 Å². The van der Waals surface area contributed by atoms with Crippen LogP contribution in [0.4, 0.5) is 20.7 Å². The van der Waals surface area contributed by atoms with E-state index >= 15 is 0 Å². The van der Waals surface area contributed by atoms with Gasteiger partial charge in [0, 0.05) is 38.7 Å². The zero-order valence-corrected chi connectivity index (χ0v) is 17.6. The number of amides is 2. The van der Waals surface area contributed by atoms with Gasteiger partial charge >= 0.3 is 6.09 Å². The van der Waals surface area contributed by atoms with Gasteiger partial charge in [-0.05, 0) is 43.5 Å². The van der Waals surface area contributed by atoms with E-state index < -0.39 is 29.3 Å². The van der Waals surface area contributed by atoms with Crippen LogP contribution in [0, 0.1) is 22.6 Å². The Hall–Kier alpha value is -3.65. The number of nitrogens with two attached hydrogens (primary N) is 1. The van der Waals surface area contributed by atoms with Crippen molar-refractivity contribution in [3.8, 4) is 6.07 Å². The number of nitrogens with zero attached hydrogens (tertiary/aromatic N) is 4. The van der Waals surface area contributed by atoms with Crippen LogP contribution in [0.2, 0.25) is 0 Å². The number of likely N-dealkylation sites (tertiary alicyclic amines) is 1. The Morgan fingerprint density at radius 2 is 2.16 bits per heavy atom. The molecular weight excluding hydrogens is 419 g/mol. The summed E-state index contributed by atoms with van der Waals surface area (Å²) >= 11 is 0. The molecule has 0 radical (unpaired) electrons. The highest BCUT2D eigenvalue weighted by molar-refractivity contribution is 5.98. The molecule has 32 heavy (non-hydrogen) atoms. The van der Waals surface area contributed by atoms with Crippen molar-refractivity contribution in [1.82, 2.24) is 14.7 Å². The smallest absolute Gasteiger partial charge is 0.407 e. The van der Waals surface area contributed by atoms with Gasteiger partial charge in [-0.3, -0.25) is 9.48 Å². The van der Waals surface area contributed by atoms with Crippen LogP contribution < -0.4 is 11.1 Å². The second-order valence-electron chi connectivity index (χ2n) is 7.74. The molecule has 3 rings (SSSR count). The molecule has 11 heteroatoms. The number of carbonyl (C=O) groups excluding carboxylic acids is 1. The first kappa shape index (κ1) is 23.0. The lowest BCUT2D eigenvalue weighted by Gasteiger charge is -2.43. The van der Waals surface area contributed by atoms with E-state index in [1.165, 1.54) is 40.0 Å². The number of hydrogen-bond donors (Lipinski definition) is 3. The van der Waals surface area contributed by atoms with Crippen molar-refractivity contribution in [2.45, 2.75) is 25.3 Å². The van der Waals surface area contributed by atoms with Crippen LogP contribution in [-0.2, 0) is 4.74 Å². The number of anilines is 2. The highest BCUT2D eigenvalue weighted by atomic mass is 19.1. The number of piperidine rings is 1. The standard InChI is InChI=1S/C21H25FN6O4/c1-32-10-2-8-21(12-23)13-27(20(30)31)9-7-17(21)28-11-16(18(24)29)19(26-28)25-15-5-3-14(22)4-6-15/h3-6,11,17H,2,7-10,13H2,1H3,(H2,24,29)(H,25,26)(H,30,31)/t17-,21+/m0/s1. The average Bonchev–Trinajstić information content (AvgIpc) is 3.19. The van der Waals surface area contributed by atoms with Crippen molar-refractivity contribution in [2.24, 2.45) is 11.1 Å². The molecule has 1 aliphatic heterocycles. The van der Waals surface area contributed by atoms with Crippen molar-refractivity contribution >= 4 is 23.5 Å². The minimum atomic E-state index is -1.09. The number of nitrogens with one attached hydrogen (secondary N) is 1. The first-order valence-electron chi connectivity index (χ1n) is 10.1. The number of carbonyl (C=O) groups is 2. The second-order valence-corrected chi connectivity index (χ2v) is 7.74. The average molecular weight is 444 g/mol. The Balaban J connectivity index is 1.97. The summed E-state index contributed by atoms with van der Waals surface area (Å²) in [6, 6.07) is 7.36. The number of halogens is 1. The van der Waals surface area contributed by atoms with Gasteiger partial charge < -0.3 is 25.8 Å². The van der Waals surface area contributed by atoms with E-state index in [4.69, 9.17) is 10.5 Å². The fourth-order valence-electron chi connectivity index (χ4n) is 4.07. The molecule has 0 spiro atoms. The van der Waals surface area contributed by atoms with E-state index in [0.29, 0.717) is 31.6 Å². The third kappa shape index (κ3) is 4.81. The molecule has 1 aromatic heterocycles. The second kappa shape index (κ2) is 9.65. The van der Waals surface area contributed by atoms with E-state index in [0.717, 1.165) is 0 Å². The predicted octanol–water partition coefficient (Wildman–Crippen LogP) is 2.73. The zero-order valence-electron chi connectivity index (χ0n) is 17.6. The number of benzene rings is 1. The van der Waals surface area contributed by atoms with Gasteiger partial charge in [-0.2, -0.15) is 10.4 Å². The van der Waals surface area contributed by atoms with Gasteiger partial charge in [0.2, 0.25) is 0 Å². The van der Waals surface area contributed by atoms with E-state index in [-0.39, 0.29) is 24.5 Å². The van der Waals surface area contributed by atoms with Crippen molar-refractivity contribution < 1.29 is 23.8 Å². The molecule has 1 fully saturated rings. The van der Waals surface area contributed by atoms with Gasteiger partial charge in [0.05, 0.1) is 17.5 Å². The van der Waals surface area contributed by atoms with E-state index in [1.54, 1.807) is 7.11 Å². The molecule has 4 N–H and O–H groups in total. The monoisotopic (exact) mass is 444 g/mol. The molecule has 0 aliphatic carbocycles. The number of aromatic nitrogens is 2. The quantitative estimate of drug-likeness (QED) is 0.531. The van der Waals surface area contributed by atoms with E-state index in [2.05, 4.69) is 16.5 Å². The first-order chi connectivity index (χ1) is 15.3. The number of primary amides is 1. The summed E-state index contributed by atoms with van der Waals surface area (Å²) in [7, 11) is 1.56. The maximum Gasteiger partial charge on any atom is 0.407 e. The molecule has 1 saturated heterocycles. The largest absolute Gasteiger partial charge is 0.465 e. The molecular formula is C21H25FN6O4. The Morgan fingerprint density at radius 1 is 1.44 bits per heavy atom. The van der Waals surface area contributed by atoms with E-state index in [1.807, 2.05) is 0 Å². The lowest BCUT2D eigenvalue weighted by molar-refractivity contribution is 0.0529. The van der Waals surface area contributed by atoms with Crippen LogP contribution in [0.5, 0.6) is 0 Å². The summed E-state index contributed by atoms with van der Waals surface area (Å²) in [6.07, 6.45) is 1.66. The van der Waals surface area contributed by atoms with Crippen molar-refractivity contribution in [2.75, 3.05) is 32.1 Å². The molecule has 0 saturated carbocycles. The highest BCUT2D eigenvalue weighted by Gasteiger charge is 2.46. The molecule has 2 heterocycles. The number of hydrogen-bond acceptors (Lipinski definition) is 6.